The van der Waals surface area contributed by atoms with Crippen LogP contribution in [0.1, 0.15) is 24.5 Å². The van der Waals surface area contributed by atoms with Crippen molar-refractivity contribution in [1.82, 2.24) is 10.2 Å². The molecule has 2 aromatic rings. The molecule has 2 aromatic carbocycles. The van der Waals surface area contributed by atoms with Crippen molar-refractivity contribution in [1.29, 1.82) is 0 Å². The van der Waals surface area contributed by atoms with Gasteiger partial charge in [-0.3, -0.25) is 19.8 Å². The first-order valence-corrected chi connectivity index (χ1v) is 10.3. The molecule has 1 fully saturated rings. The van der Waals surface area contributed by atoms with Crippen molar-refractivity contribution >= 4 is 23.9 Å². The average Bonchev–Trinajstić information content (AvgIpc) is 2.83. The summed E-state index contributed by atoms with van der Waals surface area (Å²) in [4.78, 5) is 38.8. The maximum absolute atomic E-state index is 13.1. The fourth-order valence-electron chi connectivity index (χ4n) is 3.27. The van der Waals surface area contributed by atoms with Crippen molar-refractivity contribution in [2.24, 2.45) is 0 Å². The van der Waals surface area contributed by atoms with E-state index in [0.29, 0.717) is 40.7 Å². The fourth-order valence-corrected chi connectivity index (χ4v) is 3.27. The van der Waals surface area contributed by atoms with Gasteiger partial charge in [0, 0.05) is 0 Å². The van der Waals surface area contributed by atoms with E-state index < -0.39 is 17.8 Å². The number of methoxy groups -OCH3 is 3. The highest BCUT2D eigenvalue weighted by atomic mass is 16.5. The van der Waals surface area contributed by atoms with E-state index in [4.69, 9.17) is 18.9 Å². The van der Waals surface area contributed by atoms with Crippen molar-refractivity contribution in [3.05, 3.63) is 53.1 Å². The summed E-state index contributed by atoms with van der Waals surface area (Å²) in [6, 6.07) is 9.33. The largest absolute Gasteiger partial charge is 0.493 e. The smallest absolute Gasteiger partial charge is 0.331 e. The molecule has 174 valence electrons. The topological polar surface area (TPSA) is 103 Å². The van der Waals surface area contributed by atoms with E-state index in [2.05, 4.69) is 5.32 Å². The van der Waals surface area contributed by atoms with Gasteiger partial charge >= 0.3 is 6.03 Å². The van der Waals surface area contributed by atoms with Crippen LogP contribution in [0.15, 0.2) is 42.0 Å². The number of benzene rings is 2. The van der Waals surface area contributed by atoms with Gasteiger partial charge in [0.2, 0.25) is 0 Å². The number of rotatable bonds is 9. The lowest BCUT2D eigenvalue weighted by atomic mass is 10.1. The number of barbiturate groups is 1. The third-order valence-corrected chi connectivity index (χ3v) is 4.93. The minimum absolute atomic E-state index is 0.0500. The molecule has 0 unspecified atom stereocenters. The summed E-state index contributed by atoms with van der Waals surface area (Å²) >= 11 is 0. The molecule has 4 amide bonds. The Morgan fingerprint density at radius 1 is 0.879 bits per heavy atom. The van der Waals surface area contributed by atoms with E-state index in [1.54, 1.807) is 36.4 Å². The van der Waals surface area contributed by atoms with E-state index in [1.165, 1.54) is 27.4 Å². The van der Waals surface area contributed by atoms with Crippen LogP contribution >= 0.6 is 0 Å². The zero-order valence-electron chi connectivity index (χ0n) is 19.0. The number of nitrogens with one attached hydrogen (secondary N) is 1. The molecular formula is C24H26N2O7. The third kappa shape index (κ3) is 5.25. The Bertz CT molecular complexity index is 1090. The molecule has 1 N–H and O–H groups in total. The van der Waals surface area contributed by atoms with Gasteiger partial charge < -0.3 is 18.9 Å². The van der Waals surface area contributed by atoms with E-state index in [1.807, 2.05) is 6.92 Å². The molecule has 1 aliphatic rings. The highest BCUT2D eigenvalue weighted by Gasteiger charge is 2.35. The van der Waals surface area contributed by atoms with Crippen LogP contribution in [0.5, 0.6) is 23.0 Å². The normalized spacial score (nSPS) is 14.8. The third-order valence-electron chi connectivity index (χ3n) is 4.93. The molecule has 0 spiro atoms. The molecule has 0 bridgehead atoms. The van der Waals surface area contributed by atoms with Gasteiger partial charge in [-0.1, -0.05) is 19.1 Å². The number of amides is 4. The first-order valence-electron chi connectivity index (χ1n) is 10.3. The molecule has 9 nitrogen and oxygen atoms in total. The summed E-state index contributed by atoms with van der Waals surface area (Å²) in [5, 5.41) is 2.22. The monoisotopic (exact) mass is 454 g/mol. The quantitative estimate of drug-likeness (QED) is 0.459. The Balaban J connectivity index is 1.87. The molecule has 0 aromatic heterocycles. The maximum Gasteiger partial charge on any atom is 0.331 e. The molecule has 1 saturated heterocycles. The summed E-state index contributed by atoms with van der Waals surface area (Å²) in [5.74, 6) is 0.544. The summed E-state index contributed by atoms with van der Waals surface area (Å²) < 4.78 is 21.5. The summed E-state index contributed by atoms with van der Waals surface area (Å²) in [5.41, 5.74) is 1.01. The van der Waals surface area contributed by atoms with Crippen LogP contribution in [-0.2, 0) is 16.1 Å². The van der Waals surface area contributed by atoms with Gasteiger partial charge in [-0.05, 0) is 47.9 Å². The lowest BCUT2D eigenvalue weighted by Gasteiger charge is -2.26. The molecule has 1 heterocycles. The number of urea groups is 1. The van der Waals surface area contributed by atoms with Gasteiger partial charge in [0.15, 0.2) is 23.0 Å². The SMILES string of the molecule is CCCOc1ccc(CN2C(=O)NC(=O)/C(=C\c3ccc(OC)c(OC)c3)C2=O)cc1OC. The molecule has 0 radical (unpaired) electrons. The van der Waals surface area contributed by atoms with Crippen molar-refractivity contribution in [2.75, 3.05) is 27.9 Å². The van der Waals surface area contributed by atoms with E-state index >= 15 is 0 Å². The van der Waals surface area contributed by atoms with Gasteiger partial charge in [0.1, 0.15) is 5.57 Å². The highest BCUT2D eigenvalue weighted by Crippen LogP contribution is 2.30. The zero-order valence-corrected chi connectivity index (χ0v) is 19.0. The summed E-state index contributed by atoms with van der Waals surface area (Å²) in [6.07, 6.45) is 2.25. The second kappa shape index (κ2) is 10.5. The minimum atomic E-state index is -0.792. The zero-order chi connectivity index (χ0) is 24.0. The van der Waals surface area contributed by atoms with Crippen LogP contribution in [0.4, 0.5) is 4.79 Å². The molecule has 0 saturated carbocycles. The molecule has 33 heavy (non-hydrogen) atoms. The number of imide groups is 2. The molecule has 1 aliphatic heterocycles. The van der Waals surface area contributed by atoms with E-state index in [0.717, 1.165) is 11.3 Å². The van der Waals surface area contributed by atoms with Gasteiger partial charge in [-0.25, -0.2) is 4.79 Å². The van der Waals surface area contributed by atoms with E-state index in [9.17, 15) is 14.4 Å². The first kappa shape index (κ1) is 23.6. The predicted molar refractivity (Wildman–Crippen MR) is 120 cm³/mol. The lowest BCUT2D eigenvalue weighted by Crippen LogP contribution is -2.53. The maximum atomic E-state index is 13.1. The number of hydrogen-bond donors (Lipinski definition) is 1. The van der Waals surface area contributed by atoms with Crippen molar-refractivity contribution < 1.29 is 33.3 Å². The molecule has 0 aliphatic carbocycles. The molecule has 3 rings (SSSR count). The van der Waals surface area contributed by atoms with Crippen LogP contribution in [0.25, 0.3) is 6.08 Å². The Kier molecular flexibility index (Phi) is 7.55. The Morgan fingerprint density at radius 2 is 1.55 bits per heavy atom. The van der Waals surface area contributed by atoms with Gasteiger partial charge in [-0.2, -0.15) is 0 Å². The standard InChI is InChI=1S/C24H26N2O7/c1-5-10-33-19-9-7-16(13-21(19)32-4)14-26-23(28)17(22(27)25-24(26)29)11-15-6-8-18(30-2)20(12-15)31-3/h6-9,11-13H,5,10,14H2,1-4H3,(H,25,27,29)/b17-11+. The van der Waals surface area contributed by atoms with Crippen LogP contribution < -0.4 is 24.3 Å². The molecule has 0 atom stereocenters. The first-order chi connectivity index (χ1) is 15.9. The van der Waals surface area contributed by atoms with Crippen LogP contribution in [0, 0.1) is 0 Å². The molecular weight excluding hydrogens is 428 g/mol. The number of ether oxygens (including phenoxy) is 4. The number of hydrogen-bond acceptors (Lipinski definition) is 7. The Hall–Kier alpha value is -4.01. The van der Waals surface area contributed by atoms with Gasteiger partial charge in [0.05, 0.1) is 34.5 Å². The summed E-state index contributed by atoms with van der Waals surface area (Å²) in [6.45, 7) is 2.48. The van der Waals surface area contributed by atoms with Crippen LogP contribution in [-0.4, -0.2) is 50.7 Å². The Labute approximate surface area is 191 Å². The van der Waals surface area contributed by atoms with Crippen molar-refractivity contribution in [3.63, 3.8) is 0 Å². The van der Waals surface area contributed by atoms with Gasteiger partial charge in [0.25, 0.3) is 11.8 Å². The number of carbonyl (C=O) groups is 3. The van der Waals surface area contributed by atoms with Crippen molar-refractivity contribution in [2.45, 2.75) is 19.9 Å². The highest BCUT2D eigenvalue weighted by molar-refractivity contribution is 6.30. The fraction of sp³-hybridized carbons (Fsp3) is 0.292. The van der Waals surface area contributed by atoms with Crippen LogP contribution in [0.2, 0.25) is 0 Å². The Morgan fingerprint density at radius 3 is 2.21 bits per heavy atom. The minimum Gasteiger partial charge on any atom is -0.493 e. The summed E-state index contributed by atoms with van der Waals surface area (Å²) in [7, 11) is 4.51. The number of carbonyl (C=O) groups excluding carboxylic acids is 3. The predicted octanol–water partition coefficient (Wildman–Crippen LogP) is 3.16. The van der Waals surface area contributed by atoms with Crippen molar-refractivity contribution in [3.8, 4) is 23.0 Å². The van der Waals surface area contributed by atoms with Gasteiger partial charge in [-0.15, -0.1) is 0 Å². The lowest BCUT2D eigenvalue weighted by molar-refractivity contribution is -0.130. The second-order valence-electron chi connectivity index (χ2n) is 7.16. The van der Waals surface area contributed by atoms with Crippen LogP contribution in [0.3, 0.4) is 0 Å². The number of nitrogens with zero attached hydrogens (tertiary/aromatic N) is 1. The second-order valence-corrected chi connectivity index (χ2v) is 7.16. The van der Waals surface area contributed by atoms with E-state index in [-0.39, 0.29) is 12.1 Å². The molecule has 9 heteroatoms. The average molecular weight is 454 g/mol.